The Hall–Kier alpha value is -2.57. The summed E-state index contributed by atoms with van der Waals surface area (Å²) in [5.74, 6) is 0.352. The molecule has 2 aromatic carbocycles. The van der Waals surface area contributed by atoms with E-state index in [2.05, 4.69) is 0 Å². The molecule has 0 aliphatic carbocycles. The van der Waals surface area contributed by atoms with Crippen molar-refractivity contribution < 1.29 is 28.8 Å². The summed E-state index contributed by atoms with van der Waals surface area (Å²) in [6.45, 7) is 0.429. The van der Waals surface area contributed by atoms with E-state index >= 15 is 0 Å². The summed E-state index contributed by atoms with van der Waals surface area (Å²) in [7, 11) is 3.20. The van der Waals surface area contributed by atoms with E-state index < -0.39 is 12.3 Å². The van der Waals surface area contributed by atoms with Crippen LogP contribution >= 0.6 is 0 Å². The SMILES string of the molecule is COc1ccccc1CCOC(OCCc1ccccc1OC)C(=O)O. The topological polar surface area (TPSA) is 74.2 Å². The number of ether oxygens (including phenoxy) is 4. The molecule has 0 aliphatic heterocycles. The molecule has 1 N–H and O–H groups in total. The summed E-state index contributed by atoms with van der Waals surface area (Å²) in [6.07, 6.45) is -0.243. The Balaban J connectivity index is 1.82. The maximum Gasteiger partial charge on any atom is 0.361 e. The van der Waals surface area contributed by atoms with Crippen molar-refractivity contribution in [3.8, 4) is 11.5 Å². The molecule has 0 saturated carbocycles. The zero-order valence-electron chi connectivity index (χ0n) is 15.0. The maximum absolute atomic E-state index is 11.3. The monoisotopic (exact) mass is 360 g/mol. The first-order valence-corrected chi connectivity index (χ1v) is 8.35. The highest BCUT2D eigenvalue weighted by Crippen LogP contribution is 2.19. The van der Waals surface area contributed by atoms with Crippen LogP contribution in [0.25, 0.3) is 0 Å². The van der Waals surface area contributed by atoms with Gasteiger partial charge in [0, 0.05) is 0 Å². The Morgan fingerprint density at radius 3 is 1.65 bits per heavy atom. The van der Waals surface area contributed by atoms with Crippen molar-refractivity contribution in [2.45, 2.75) is 19.1 Å². The first kappa shape index (κ1) is 19.8. The van der Waals surface area contributed by atoms with E-state index in [0.29, 0.717) is 12.8 Å². The van der Waals surface area contributed by atoms with Gasteiger partial charge in [-0.2, -0.15) is 0 Å². The highest BCUT2D eigenvalue weighted by atomic mass is 16.7. The van der Waals surface area contributed by atoms with Gasteiger partial charge in [0.15, 0.2) is 0 Å². The number of para-hydroxylation sites is 2. The van der Waals surface area contributed by atoms with Crippen molar-refractivity contribution >= 4 is 5.97 Å². The number of benzene rings is 2. The van der Waals surface area contributed by atoms with Gasteiger partial charge in [0.2, 0.25) is 0 Å². The lowest BCUT2D eigenvalue weighted by molar-refractivity contribution is -0.189. The van der Waals surface area contributed by atoms with Crippen LogP contribution in [0.15, 0.2) is 48.5 Å². The van der Waals surface area contributed by atoms with Crippen LogP contribution in [0.2, 0.25) is 0 Å². The van der Waals surface area contributed by atoms with E-state index in [1.807, 2.05) is 48.5 Å². The largest absolute Gasteiger partial charge is 0.496 e. The van der Waals surface area contributed by atoms with Crippen LogP contribution in [0.1, 0.15) is 11.1 Å². The van der Waals surface area contributed by atoms with E-state index in [9.17, 15) is 9.90 Å². The van der Waals surface area contributed by atoms with Crippen LogP contribution in [-0.4, -0.2) is 44.8 Å². The summed E-state index contributed by atoms with van der Waals surface area (Å²) >= 11 is 0. The van der Waals surface area contributed by atoms with E-state index in [1.165, 1.54) is 0 Å². The Morgan fingerprint density at radius 2 is 1.27 bits per heavy atom. The van der Waals surface area contributed by atoms with Crippen LogP contribution in [0, 0.1) is 0 Å². The maximum atomic E-state index is 11.3. The van der Waals surface area contributed by atoms with Crippen LogP contribution in [0.4, 0.5) is 0 Å². The van der Waals surface area contributed by atoms with Crippen molar-refractivity contribution in [2.75, 3.05) is 27.4 Å². The molecule has 26 heavy (non-hydrogen) atoms. The number of hydrogen-bond acceptors (Lipinski definition) is 5. The molecule has 0 aromatic heterocycles. The molecule has 0 saturated heterocycles. The van der Waals surface area contributed by atoms with Gasteiger partial charge in [-0.15, -0.1) is 0 Å². The molecule has 0 bridgehead atoms. The second-order valence-corrected chi connectivity index (χ2v) is 5.54. The summed E-state index contributed by atoms with van der Waals surface area (Å²) in [4.78, 5) is 11.3. The normalized spacial score (nSPS) is 10.7. The van der Waals surface area contributed by atoms with Gasteiger partial charge in [-0.25, -0.2) is 4.79 Å². The Morgan fingerprint density at radius 1 is 0.846 bits per heavy atom. The van der Waals surface area contributed by atoms with Gasteiger partial charge >= 0.3 is 5.97 Å². The van der Waals surface area contributed by atoms with Gasteiger partial charge in [-0.05, 0) is 36.1 Å². The predicted molar refractivity (Wildman–Crippen MR) is 96.7 cm³/mol. The standard InChI is InChI=1S/C20H24O6/c1-23-17-9-5-3-7-15(17)11-13-25-20(19(21)22)26-14-12-16-8-4-6-10-18(16)24-2/h3-10,20H,11-14H2,1-2H3,(H,21,22). The van der Waals surface area contributed by atoms with Gasteiger partial charge in [0.25, 0.3) is 6.29 Å². The van der Waals surface area contributed by atoms with E-state index in [-0.39, 0.29) is 13.2 Å². The van der Waals surface area contributed by atoms with E-state index in [0.717, 1.165) is 22.6 Å². The van der Waals surface area contributed by atoms with Crippen molar-refractivity contribution in [1.29, 1.82) is 0 Å². The third kappa shape index (κ3) is 5.75. The fourth-order valence-corrected chi connectivity index (χ4v) is 2.56. The number of carbonyl (C=O) groups is 1. The molecular weight excluding hydrogens is 336 g/mol. The molecule has 0 heterocycles. The quantitative estimate of drug-likeness (QED) is 0.621. The molecule has 0 atom stereocenters. The number of hydrogen-bond donors (Lipinski definition) is 1. The smallest absolute Gasteiger partial charge is 0.361 e. The molecule has 0 aliphatic rings. The minimum Gasteiger partial charge on any atom is -0.496 e. The van der Waals surface area contributed by atoms with Crippen molar-refractivity contribution in [1.82, 2.24) is 0 Å². The second-order valence-electron chi connectivity index (χ2n) is 5.54. The molecular formula is C20H24O6. The molecule has 6 heteroatoms. The van der Waals surface area contributed by atoms with Crippen LogP contribution in [0.5, 0.6) is 11.5 Å². The summed E-state index contributed by atoms with van der Waals surface area (Å²) in [6, 6.07) is 15.1. The van der Waals surface area contributed by atoms with Gasteiger partial charge in [0.05, 0.1) is 27.4 Å². The van der Waals surface area contributed by atoms with Crippen LogP contribution in [0.3, 0.4) is 0 Å². The number of aliphatic carboxylic acids is 1. The fraction of sp³-hybridized carbons (Fsp3) is 0.350. The minimum absolute atomic E-state index is 0.214. The Kier molecular flexibility index (Phi) is 7.92. The van der Waals surface area contributed by atoms with E-state index in [1.54, 1.807) is 14.2 Å². The highest BCUT2D eigenvalue weighted by Gasteiger charge is 2.19. The predicted octanol–water partition coefficient (Wildman–Crippen LogP) is 2.93. The molecule has 0 fully saturated rings. The average Bonchev–Trinajstić information content (AvgIpc) is 2.67. The fourth-order valence-electron chi connectivity index (χ4n) is 2.56. The van der Waals surface area contributed by atoms with Gasteiger partial charge in [0.1, 0.15) is 11.5 Å². The molecule has 0 unspecified atom stereocenters. The molecule has 2 rings (SSSR count). The first-order valence-electron chi connectivity index (χ1n) is 8.35. The average molecular weight is 360 g/mol. The van der Waals surface area contributed by atoms with Gasteiger partial charge < -0.3 is 24.1 Å². The van der Waals surface area contributed by atoms with Crippen molar-refractivity contribution in [3.63, 3.8) is 0 Å². The number of carboxylic acids is 1. The number of rotatable bonds is 11. The molecule has 2 aromatic rings. The van der Waals surface area contributed by atoms with Gasteiger partial charge in [-0.1, -0.05) is 36.4 Å². The number of methoxy groups -OCH3 is 2. The lowest BCUT2D eigenvalue weighted by Crippen LogP contribution is -2.29. The van der Waals surface area contributed by atoms with E-state index in [4.69, 9.17) is 18.9 Å². The zero-order chi connectivity index (χ0) is 18.8. The third-order valence-electron chi connectivity index (χ3n) is 3.87. The number of carboxylic acid groups (broad SMARTS) is 1. The van der Waals surface area contributed by atoms with Gasteiger partial charge in [-0.3, -0.25) is 0 Å². The summed E-state index contributed by atoms with van der Waals surface area (Å²) in [5.41, 5.74) is 1.90. The molecule has 0 radical (unpaired) electrons. The third-order valence-corrected chi connectivity index (χ3v) is 3.87. The Bertz CT molecular complexity index is 647. The minimum atomic E-state index is -1.31. The Labute approximate surface area is 153 Å². The molecule has 6 nitrogen and oxygen atoms in total. The highest BCUT2D eigenvalue weighted by molar-refractivity contribution is 5.70. The first-order chi connectivity index (χ1) is 12.7. The van der Waals surface area contributed by atoms with Crippen LogP contribution in [-0.2, 0) is 27.1 Å². The van der Waals surface area contributed by atoms with Crippen LogP contribution < -0.4 is 9.47 Å². The van der Waals surface area contributed by atoms with Crippen molar-refractivity contribution in [2.24, 2.45) is 0 Å². The lowest BCUT2D eigenvalue weighted by Gasteiger charge is -2.16. The summed E-state index contributed by atoms with van der Waals surface area (Å²) in [5, 5.41) is 9.27. The molecule has 0 spiro atoms. The second kappa shape index (κ2) is 10.4. The zero-order valence-corrected chi connectivity index (χ0v) is 15.0. The molecule has 0 amide bonds. The molecule has 140 valence electrons. The summed E-state index contributed by atoms with van der Waals surface area (Å²) < 4.78 is 21.3. The van der Waals surface area contributed by atoms with Crippen molar-refractivity contribution in [3.05, 3.63) is 59.7 Å². The lowest BCUT2D eigenvalue weighted by atomic mass is 10.1.